The van der Waals surface area contributed by atoms with Crippen molar-refractivity contribution in [2.75, 3.05) is 13.2 Å². The van der Waals surface area contributed by atoms with E-state index in [-0.39, 0.29) is 6.04 Å². The van der Waals surface area contributed by atoms with E-state index in [0.29, 0.717) is 5.92 Å². The summed E-state index contributed by atoms with van der Waals surface area (Å²) < 4.78 is 7.74. The molecule has 1 atom stereocenters. The molecule has 0 radical (unpaired) electrons. The third-order valence-electron chi connectivity index (χ3n) is 4.09. The molecule has 0 aliphatic carbocycles. The molecule has 0 spiro atoms. The Morgan fingerprint density at radius 3 is 3.00 bits per heavy atom. The SMILES string of the molecule is CCn1ccnc1C(NCc1cscn1)C1CCOCC1. The Balaban J connectivity index is 1.76. The van der Waals surface area contributed by atoms with Crippen molar-refractivity contribution in [1.29, 1.82) is 0 Å². The molecular weight excluding hydrogens is 284 g/mol. The fourth-order valence-corrected chi connectivity index (χ4v) is 3.48. The second-order valence-electron chi connectivity index (χ2n) is 5.36. The zero-order chi connectivity index (χ0) is 14.5. The first-order valence-electron chi connectivity index (χ1n) is 7.57. The Kier molecular flexibility index (Phi) is 5.00. The van der Waals surface area contributed by atoms with Crippen molar-refractivity contribution in [1.82, 2.24) is 19.9 Å². The molecule has 114 valence electrons. The molecule has 3 heterocycles. The third kappa shape index (κ3) is 3.51. The van der Waals surface area contributed by atoms with Gasteiger partial charge in [-0.05, 0) is 25.7 Å². The van der Waals surface area contributed by atoms with Crippen LogP contribution in [-0.4, -0.2) is 27.7 Å². The van der Waals surface area contributed by atoms with Gasteiger partial charge in [-0.1, -0.05) is 0 Å². The molecule has 1 unspecified atom stereocenters. The van der Waals surface area contributed by atoms with Crippen LogP contribution >= 0.6 is 11.3 Å². The number of rotatable bonds is 6. The van der Waals surface area contributed by atoms with Crippen LogP contribution in [0.15, 0.2) is 23.3 Å². The predicted octanol–water partition coefficient (Wildman–Crippen LogP) is 2.62. The van der Waals surface area contributed by atoms with Gasteiger partial charge in [-0.3, -0.25) is 0 Å². The van der Waals surface area contributed by atoms with Gasteiger partial charge in [0.25, 0.3) is 0 Å². The van der Waals surface area contributed by atoms with Gasteiger partial charge in [0.2, 0.25) is 0 Å². The first kappa shape index (κ1) is 14.7. The minimum absolute atomic E-state index is 0.269. The quantitative estimate of drug-likeness (QED) is 0.891. The largest absolute Gasteiger partial charge is 0.381 e. The normalized spacial score (nSPS) is 18.0. The van der Waals surface area contributed by atoms with Gasteiger partial charge in [0.1, 0.15) is 5.82 Å². The molecule has 0 bridgehead atoms. The fourth-order valence-electron chi connectivity index (χ4n) is 2.92. The highest BCUT2D eigenvalue weighted by molar-refractivity contribution is 7.07. The van der Waals surface area contributed by atoms with Crippen molar-refractivity contribution in [2.45, 2.75) is 38.9 Å². The summed E-state index contributed by atoms with van der Waals surface area (Å²) in [4.78, 5) is 8.97. The lowest BCUT2D eigenvalue weighted by atomic mass is 9.91. The van der Waals surface area contributed by atoms with E-state index in [1.165, 1.54) is 0 Å². The standard InChI is InChI=1S/C15H22N4OS/c1-2-19-6-5-16-15(19)14(12-3-7-20-8-4-12)17-9-13-10-21-11-18-13/h5-6,10-12,14,17H,2-4,7-9H2,1H3. The molecule has 5 nitrogen and oxygen atoms in total. The number of ether oxygens (including phenoxy) is 1. The summed E-state index contributed by atoms with van der Waals surface area (Å²) in [6, 6.07) is 0.269. The van der Waals surface area contributed by atoms with Gasteiger partial charge in [-0.2, -0.15) is 0 Å². The first-order valence-corrected chi connectivity index (χ1v) is 8.52. The third-order valence-corrected chi connectivity index (χ3v) is 4.73. The molecule has 1 aliphatic heterocycles. The fraction of sp³-hybridized carbons (Fsp3) is 0.600. The summed E-state index contributed by atoms with van der Waals surface area (Å²) in [5.74, 6) is 1.71. The van der Waals surface area contributed by atoms with Gasteiger partial charge in [0.15, 0.2) is 0 Å². The summed E-state index contributed by atoms with van der Waals surface area (Å²) in [5, 5.41) is 5.77. The van der Waals surface area contributed by atoms with E-state index in [9.17, 15) is 0 Å². The molecule has 21 heavy (non-hydrogen) atoms. The van der Waals surface area contributed by atoms with E-state index >= 15 is 0 Å². The van der Waals surface area contributed by atoms with Crippen LogP contribution < -0.4 is 5.32 Å². The van der Waals surface area contributed by atoms with E-state index in [2.05, 4.69) is 38.4 Å². The maximum atomic E-state index is 5.51. The molecule has 0 amide bonds. The van der Waals surface area contributed by atoms with E-state index in [0.717, 1.165) is 50.7 Å². The number of thiazole rings is 1. The number of nitrogens with one attached hydrogen (secondary N) is 1. The maximum absolute atomic E-state index is 5.51. The first-order chi connectivity index (χ1) is 10.4. The number of aryl methyl sites for hydroxylation is 1. The van der Waals surface area contributed by atoms with Crippen LogP contribution in [0.1, 0.15) is 37.3 Å². The summed E-state index contributed by atoms with van der Waals surface area (Å²) >= 11 is 1.64. The maximum Gasteiger partial charge on any atom is 0.126 e. The van der Waals surface area contributed by atoms with Gasteiger partial charge < -0.3 is 14.6 Å². The molecule has 0 saturated carbocycles. The topological polar surface area (TPSA) is 52.0 Å². The van der Waals surface area contributed by atoms with E-state index < -0.39 is 0 Å². The molecule has 1 fully saturated rings. The van der Waals surface area contributed by atoms with Crippen LogP contribution in [-0.2, 0) is 17.8 Å². The Morgan fingerprint density at radius 1 is 1.43 bits per heavy atom. The Morgan fingerprint density at radius 2 is 2.29 bits per heavy atom. The molecule has 1 N–H and O–H groups in total. The number of hydrogen-bond donors (Lipinski definition) is 1. The zero-order valence-electron chi connectivity index (χ0n) is 12.4. The molecule has 0 aromatic carbocycles. The van der Waals surface area contributed by atoms with Crippen LogP contribution in [0.25, 0.3) is 0 Å². The molecule has 2 aromatic heterocycles. The van der Waals surface area contributed by atoms with Crippen LogP contribution in [0, 0.1) is 5.92 Å². The van der Waals surface area contributed by atoms with Crippen LogP contribution in [0.5, 0.6) is 0 Å². The van der Waals surface area contributed by atoms with Crippen molar-refractivity contribution < 1.29 is 4.74 Å². The van der Waals surface area contributed by atoms with Crippen molar-refractivity contribution >= 4 is 11.3 Å². The number of nitrogens with zero attached hydrogens (tertiary/aromatic N) is 3. The van der Waals surface area contributed by atoms with Crippen LogP contribution in [0.4, 0.5) is 0 Å². The highest BCUT2D eigenvalue weighted by Crippen LogP contribution is 2.29. The van der Waals surface area contributed by atoms with Crippen molar-refractivity contribution in [3.63, 3.8) is 0 Å². The summed E-state index contributed by atoms with van der Waals surface area (Å²) in [6.07, 6.45) is 6.14. The molecule has 1 saturated heterocycles. The van der Waals surface area contributed by atoms with Gasteiger partial charge in [-0.15, -0.1) is 11.3 Å². The minimum Gasteiger partial charge on any atom is -0.381 e. The Hall–Kier alpha value is -1.24. The lowest BCUT2D eigenvalue weighted by molar-refractivity contribution is 0.0516. The molecule has 3 rings (SSSR count). The smallest absolute Gasteiger partial charge is 0.126 e. The van der Waals surface area contributed by atoms with Crippen LogP contribution in [0.2, 0.25) is 0 Å². The molecule has 2 aromatic rings. The highest BCUT2D eigenvalue weighted by atomic mass is 32.1. The number of aromatic nitrogens is 3. The second kappa shape index (κ2) is 7.15. The van der Waals surface area contributed by atoms with Gasteiger partial charge in [0, 0.05) is 44.1 Å². The summed E-state index contributed by atoms with van der Waals surface area (Å²) in [5.41, 5.74) is 2.99. The zero-order valence-corrected chi connectivity index (χ0v) is 13.2. The van der Waals surface area contributed by atoms with Crippen molar-refractivity contribution in [2.24, 2.45) is 5.92 Å². The lowest BCUT2D eigenvalue weighted by Gasteiger charge is -2.31. The lowest BCUT2D eigenvalue weighted by Crippen LogP contribution is -2.34. The summed E-state index contributed by atoms with van der Waals surface area (Å²) in [6.45, 7) is 5.61. The summed E-state index contributed by atoms with van der Waals surface area (Å²) in [7, 11) is 0. The van der Waals surface area contributed by atoms with Crippen molar-refractivity contribution in [3.05, 3.63) is 34.8 Å². The van der Waals surface area contributed by atoms with Crippen molar-refractivity contribution in [3.8, 4) is 0 Å². The molecular formula is C15H22N4OS. The average molecular weight is 306 g/mol. The minimum atomic E-state index is 0.269. The van der Waals surface area contributed by atoms with E-state index in [1.54, 1.807) is 11.3 Å². The predicted molar refractivity (Wildman–Crippen MR) is 83.1 cm³/mol. The van der Waals surface area contributed by atoms with Gasteiger partial charge in [-0.25, -0.2) is 9.97 Å². The van der Waals surface area contributed by atoms with Gasteiger partial charge in [0.05, 0.1) is 17.2 Å². The second-order valence-corrected chi connectivity index (χ2v) is 6.08. The Labute approximate surface area is 129 Å². The van der Waals surface area contributed by atoms with E-state index in [4.69, 9.17) is 4.74 Å². The monoisotopic (exact) mass is 306 g/mol. The average Bonchev–Trinajstić information content (AvgIpc) is 3.20. The molecule has 1 aliphatic rings. The number of imidazole rings is 1. The number of hydrogen-bond acceptors (Lipinski definition) is 5. The Bertz CT molecular complexity index is 534. The van der Waals surface area contributed by atoms with Crippen LogP contribution in [0.3, 0.4) is 0 Å². The van der Waals surface area contributed by atoms with Gasteiger partial charge >= 0.3 is 0 Å². The molecule has 6 heteroatoms. The van der Waals surface area contributed by atoms with E-state index in [1.807, 2.05) is 11.7 Å². The highest BCUT2D eigenvalue weighted by Gasteiger charge is 2.28.